The van der Waals surface area contributed by atoms with Crippen molar-refractivity contribution in [3.8, 4) is 0 Å². The summed E-state index contributed by atoms with van der Waals surface area (Å²) in [6.07, 6.45) is 0.168. The first-order chi connectivity index (χ1) is 11.9. The summed E-state index contributed by atoms with van der Waals surface area (Å²) in [6, 6.07) is 10.9. The number of hydrogen-bond acceptors (Lipinski definition) is 2. The molecule has 1 atom stereocenters. The second-order valence-corrected chi connectivity index (χ2v) is 7.02. The Kier molecular flexibility index (Phi) is 5.02. The van der Waals surface area contributed by atoms with E-state index in [2.05, 4.69) is 5.32 Å². The van der Waals surface area contributed by atoms with Gasteiger partial charge in [-0.05, 0) is 43.2 Å². The number of rotatable bonds is 3. The molecular formula is C19H18Cl2N2O2. The molecular weight excluding hydrogens is 359 g/mol. The molecule has 3 rings (SSSR count). The number of aryl methyl sites for hydroxylation is 1. The molecule has 1 saturated heterocycles. The zero-order chi connectivity index (χ0) is 18.1. The van der Waals surface area contributed by atoms with Crippen molar-refractivity contribution in [2.75, 3.05) is 16.8 Å². The summed E-state index contributed by atoms with van der Waals surface area (Å²) < 4.78 is 0. The van der Waals surface area contributed by atoms with Crippen molar-refractivity contribution in [1.29, 1.82) is 0 Å². The largest absolute Gasteiger partial charge is 0.323 e. The van der Waals surface area contributed by atoms with E-state index in [0.717, 1.165) is 16.8 Å². The predicted octanol–water partition coefficient (Wildman–Crippen LogP) is 4.60. The van der Waals surface area contributed by atoms with E-state index in [1.807, 2.05) is 32.0 Å². The zero-order valence-electron chi connectivity index (χ0n) is 14.0. The van der Waals surface area contributed by atoms with Crippen molar-refractivity contribution < 1.29 is 9.59 Å². The Balaban J connectivity index is 1.78. The van der Waals surface area contributed by atoms with E-state index in [0.29, 0.717) is 22.3 Å². The molecule has 1 heterocycles. The number of halogens is 2. The van der Waals surface area contributed by atoms with E-state index in [1.54, 1.807) is 23.1 Å². The Morgan fingerprint density at radius 1 is 1.12 bits per heavy atom. The Labute approximate surface area is 156 Å². The molecule has 130 valence electrons. The SMILES string of the molecule is Cc1cccc(N2CC(C(=O)Nc3c(Cl)cccc3Cl)CC2=O)c1C. The van der Waals surface area contributed by atoms with Crippen LogP contribution in [0.4, 0.5) is 11.4 Å². The quantitative estimate of drug-likeness (QED) is 0.850. The summed E-state index contributed by atoms with van der Waals surface area (Å²) in [5.41, 5.74) is 3.40. The van der Waals surface area contributed by atoms with Gasteiger partial charge >= 0.3 is 0 Å². The monoisotopic (exact) mass is 376 g/mol. The molecule has 6 heteroatoms. The zero-order valence-corrected chi connectivity index (χ0v) is 15.5. The van der Waals surface area contributed by atoms with Gasteiger partial charge in [-0.25, -0.2) is 0 Å². The average Bonchev–Trinajstić information content (AvgIpc) is 2.95. The molecule has 0 aliphatic carbocycles. The lowest BCUT2D eigenvalue weighted by atomic mass is 10.1. The Hall–Kier alpha value is -2.04. The van der Waals surface area contributed by atoms with Crippen molar-refractivity contribution in [3.63, 3.8) is 0 Å². The van der Waals surface area contributed by atoms with Crippen molar-refractivity contribution >= 4 is 46.4 Å². The van der Waals surface area contributed by atoms with Gasteiger partial charge in [-0.1, -0.05) is 41.4 Å². The van der Waals surface area contributed by atoms with Crippen molar-refractivity contribution in [3.05, 3.63) is 57.6 Å². The van der Waals surface area contributed by atoms with Gasteiger partial charge in [0, 0.05) is 18.7 Å². The summed E-state index contributed by atoms with van der Waals surface area (Å²) in [7, 11) is 0. The lowest BCUT2D eigenvalue weighted by molar-refractivity contribution is -0.122. The van der Waals surface area contributed by atoms with Gasteiger partial charge < -0.3 is 10.2 Å². The van der Waals surface area contributed by atoms with Gasteiger partial charge in [0.1, 0.15) is 0 Å². The lowest BCUT2D eigenvalue weighted by Gasteiger charge is -2.20. The van der Waals surface area contributed by atoms with Crippen LogP contribution >= 0.6 is 23.2 Å². The van der Waals surface area contributed by atoms with Crippen molar-refractivity contribution in [2.45, 2.75) is 20.3 Å². The molecule has 25 heavy (non-hydrogen) atoms. The topological polar surface area (TPSA) is 49.4 Å². The van der Waals surface area contributed by atoms with Crippen LogP contribution in [-0.2, 0) is 9.59 Å². The third-order valence-electron chi connectivity index (χ3n) is 4.57. The fourth-order valence-electron chi connectivity index (χ4n) is 2.99. The first kappa shape index (κ1) is 17.8. The summed E-state index contributed by atoms with van der Waals surface area (Å²) in [4.78, 5) is 26.7. The van der Waals surface area contributed by atoms with E-state index in [-0.39, 0.29) is 18.2 Å². The number of hydrogen-bond donors (Lipinski definition) is 1. The van der Waals surface area contributed by atoms with Gasteiger partial charge in [0.25, 0.3) is 0 Å². The summed E-state index contributed by atoms with van der Waals surface area (Å²) in [5.74, 6) is -0.755. The molecule has 0 radical (unpaired) electrons. The third kappa shape index (κ3) is 3.51. The highest BCUT2D eigenvalue weighted by Gasteiger charge is 2.36. The fourth-order valence-corrected chi connectivity index (χ4v) is 3.48. The van der Waals surface area contributed by atoms with Crippen LogP contribution in [0.2, 0.25) is 10.0 Å². The highest BCUT2D eigenvalue weighted by Crippen LogP contribution is 2.33. The van der Waals surface area contributed by atoms with Crippen LogP contribution in [0.3, 0.4) is 0 Å². The molecule has 2 aromatic carbocycles. The van der Waals surface area contributed by atoms with Crippen LogP contribution in [0, 0.1) is 19.8 Å². The first-order valence-electron chi connectivity index (χ1n) is 8.00. The molecule has 1 unspecified atom stereocenters. The fraction of sp³-hybridized carbons (Fsp3) is 0.263. The van der Waals surface area contributed by atoms with Gasteiger partial charge in [0.05, 0.1) is 21.7 Å². The van der Waals surface area contributed by atoms with Gasteiger partial charge in [-0.2, -0.15) is 0 Å². The molecule has 2 amide bonds. The maximum absolute atomic E-state index is 12.6. The average molecular weight is 377 g/mol. The van der Waals surface area contributed by atoms with Crippen LogP contribution < -0.4 is 10.2 Å². The molecule has 4 nitrogen and oxygen atoms in total. The molecule has 0 aromatic heterocycles. The number of amides is 2. The molecule has 1 fully saturated rings. The van der Waals surface area contributed by atoms with Crippen LogP contribution in [0.5, 0.6) is 0 Å². The minimum absolute atomic E-state index is 0.0564. The molecule has 1 N–H and O–H groups in total. The minimum atomic E-state index is -0.445. The van der Waals surface area contributed by atoms with Gasteiger partial charge in [-0.15, -0.1) is 0 Å². The Bertz CT molecular complexity index is 831. The molecule has 0 bridgehead atoms. The Morgan fingerprint density at radius 2 is 1.76 bits per heavy atom. The van der Waals surface area contributed by atoms with E-state index >= 15 is 0 Å². The number of benzene rings is 2. The van der Waals surface area contributed by atoms with Gasteiger partial charge in [-0.3, -0.25) is 9.59 Å². The van der Waals surface area contributed by atoms with E-state index in [9.17, 15) is 9.59 Å². The number of nitrogens with one attached hydrogen (secondary N) is 1. The summed E-state index contributed by atoms with van der Waals surface area (Å²) in [5, 5.41) is 3.50. The number of carbonyl (C=O) groups excluding carboxylic acids is 2. The maximum Gasteiger partial charge on any atom is 0.229 e. The smallest absolute Gasteiger partial charge is 0.229 e. The molecule has 0 spiro atoms. The highest BCUT2D eigenvalue weighted by molar-refractivity contribution is 6.39. The van der Waals surface area contributed by atoms with Crippen LogP contribution in [-0.4, -0.2) is 18.4 Å². The number of carbonyl (C=O) groups is 2. The van der Waals surface area contributed by atoms with Gasteiger partial charge in [0.15, 0.2) is 0 Å². The summed E-state index contributed by atoms with van der Waals surface area (Å²) in [6.45, 7) is 4.33. The molecule has 1 aliphatic rings. The normalized spacial score (nSPS) is 17.0. The lowest BCUT2D eigenvalue weighted by Crippen LogP contribution is -2.28. The number of nitrogens with zero attached hydrogens (tertiary/aromatic N) is 1. The van der Waals surface area contributed by atoms with E-state index < -0.39 is 5.92 Å². The first-order valence-corrected chi connectivity index (χ1v) is 8.75. The van der Waals surface area contributed by atoms with Crippen molar-refractivity contribution in [1.82, 2.24) is 0 Å². The molecule has 0 saturated carbocycles. The second-order valence-electron chi connectivity index (χ2n) is 6.21. The number of para-hydroxylation sites is 1. The van der Waals surface area contributed by atoms with Crippen LogP contribution in [0.25, 0.3) is 0 Å². The molecule has 1 aliphatic heterocycles. The summed E-state index contributed by atoms with van der Waals surface area (Å²) >= 11 is 12.2. The Morgan fingerprint density at radius 3 is 2.44 bits per heavy atom. The number of anilines is 2. The van der Waals surface area contributed by atoms with Crippen LogP contribution in [0.1, 0.15) is 17.5 Å². The van der Waals surface area contributed by atoms with Gasteiger partial charge in [0.2, 0.25) is 11.8 Å². The highest BCUT2D eigenvalue weighted by atomic mass is 35.5. The minimum Gasteiger partial charge on any atom is -0.323 e. The predicted molar refractivity (Wildman–Crippen MR) is 101 cm³/mol. The van der Waals surface area contributed by atoms with E-state index in [1.165, 1.54) is 0 Å². The van der Waals surface area contributed by atoms with Crippen LogP contribution in [0.15, 0.2) is 36.4 Å². The van der Waals surface area contributed by atoms with E-state index in [4.69, 9.17) is 23.2 Å². The molecule has 2 aromatic rings. The standard InChI is InChI=1S/C19H18Cl2N2O2/c1-11-5-3-8-16(12(11)2)23-10-13(9-17(23)24)19(25)22-18-14(20)6-4-7-15(18)21/h3-8,13H,9-10H2,1-2H3,(H,22,25). The van der Waals surface area contributed by atoms with Crippen molar-refractivity contribution in [2.24, 2.45) is 5.92 Å². The second kappa shape index (κ2) is 7.06. The maximum atomic E-state index is 12.6. The third-order valence-corrected chi connectivity index (χ3v) is 5.20.